The molecule has 0 bridgehead atoms. The van der Waals surface area contributed by atoms with E-state index < -0.39 is 48.9 Å². The predicted molar refractivity (Wildman–Crippen MR) is 126 cm³/mol. The van der Waals surface area contributed by atoms with Gasteiger partial charge in [0.05, 0.1) is 11.7 Å². The molecule has 1 fully saturated rings. The molecule has 0 amide bonds. The van der Waals surface area contributed by atoms with Crippen molar-refractivity contribution in [2.45, 2.75) is 89.2 Å². The van der Waals surface area contributed by atoms with E-state index in [9.17, 15) is 29.2 Å². The number of ether oxygens (including phenoxy) is 1. The molecule has 0 spiro atoms. The number of hydrogen-bond acceptors (Lipinski definition) is 8. The number of H-pyrrole nitrogens is 1. The first-order valence-electron chi connectivity index (χ1n) is 11.1. The number of aryl methyl sites for hydroxylation is 1. The van der Waals surface area contributed by atoms with Gasteiger partial charge in [-0.1, -0.05) is 26.1 Å². The largest absolute Gasteiger partial charge is 0.388 e. The van der Waals surface area contributed by atoms with E-state index in [4.69, 9.17) is 21.5 Å². The third kappa shape index (κ3) is 5.12. The Labute approximate surface area is 202 Å². The number of nitrogens with one attached hydrogen (secondary N) is 1. The van der Waals surface area contributed by atoms with Gasteiger partial charge < -0.3 is 34.5 Å². The Morgan fingerprint density at radius 3 is 2.50 bits per heavy atom. The highest BCUT2D eigenvalue weighted by molar-refractivity contribution is 7.71. The van der Waals surface area contributed by atoms with Crippen LogP contribution in [-0.4, -0.2) is 59.4 Å². The molecule has 4 unspecified atom stereocenters. The quantitative estimate of drug-likeness (QED) is 0.200. The van der Waals surface area contributed by atoms with Gasteiger partial charge in [0.2, 0.25) is 0 Å². The fourth-order valence-electron chi connectivity index (χ4n) is 3.97. The first-order chi connectivity index (χ1) is 15.6. The van der Waals surface area contributed by atoms with Gasteiger partial charge in [-0.05, 0) is 51.3 Å². The first-order valence-corrected chi connectivity index (χ1v) is 13.1. The summed E-state index contributed by atoms with van der Waals surface area (Å²) >= 11 is 5.34. The van der Waals surface area contributed by atoms with Gasteiger partial charge in [-0.25, -0.2) is 4.98 Å². The number of aliphatic hydroxyl groups is 3. The van der Waals surface area contributed by atoms with E-state index >= 15 is 0 Å². The van der Waals surface area contributed by atoms with Crippen molar-refractivity contribution < 1.29 is 38.4 Å². The predicted octanol–water partition coefficient (Wildman–Crippen LogP) is 3.73. The van der Waals surface area contributed by atoms with E-state index in [-0.39, 0.29) is 29.7 Å². The van der Waals surface area contributed by atoms with Crippen LogP contribution < -0.4 is 0 Å². The van der Waals surface area contributed by atoms with E-state index in [0.717, 1.165) is 0 Å². The highest BCUT2D eigenvalue weighted by atomic mass is 32.1. The smallest absolute Gasteiger partial charge is 0.359 e. The summed E-state index contributed by atoms with van der Waals surface area (Å²) in [4.78, 5) is 17.1. The van der Waals surface area contributed by atoms with Crippen molar-refractivity contribution in [1.82, 2.24) is 9.97 Å². The Kier molecular flexibility index (Phi) is 7.73. The van der Waals surface area contributed by atoms with Crippen LogP contribution in [-0.2, 0) is 13.8 Å². The van der Waals surface area contributed by atoms with Crippen molar-refractivity contribution in [3.63, 3.8) is 0 Å². The normalized spacial score (nSPS) is 28.4. The number of aromatic nitrogens is 2. The summed E-state index contributed by atoms with van der Waals surface area (Å²) in [5.74, 6) is -0.307. The molecule has 3 heterocycles. The molecule has 34 heavy (non-hydrogen) atoms. The van der Waals surface area contributed by atoms with E-state index in [1.165, 1.54) is 13.0 Å². The second kappa shape index (κ2) is 9.63. The molecule has 3 aliphatic rings. The number of pyridine rings is 2. The minimum atomic E-state index is -4.45. The average molecular weight is 519 g/mol. The molecule has 3 rings (SSSR count). The van der Waals surface area contributed by atoms with Crippen LogP contribution in [0.2, 0.25) is 0 Å². The molecule has 0 saturated carbocycles. The summed E-state index contributed by atoms with van der Waals surface area (Å²) in [7, 11) is -4.45. The molecule has 12 heteroatoms. The summed E-state index contributed by atoms with van der Waals surface area (Å²) in [6.07, 6.45) is -4.42. The lowest BCUT2D eigenvalue weighted by Crippen LogP contribution is -2.40. The van der Waals surface area contributed by atoms with Gasteiger partial charge in [-0.2, -0.15) is 4.39 Å². The highest BCUT2D eigenvalue weighted by Gasteiger charge is 2.50. The number of rotatable bonds is 8. The third-order valence-electron chi connectivity index (χ3n) is 6.69. The van der Waals surface area contributed by atoms with Crippen molar-refractivity contribution >= 4 is 19.8 Å². The number of fused-ring (bicyclic) bond motifs is 1. The molecule has 0 aromatic carbocycles. The van der Waals surface area contributed by atoms with Gasteiger partial charge in [-0.3, -0.25) is 4.57 Å². The molecule has 0 aromatic rings. The van der Waals surface area contributed by atoms with E-state index in [0.29, 0.717) is 16.7 Å². The molecule has 0 aromatic heterocycles. The molecule has 0 radical (unpaired) electrons. The Morgan fingerprint density at radius 1 is 1.26 bits per heavy atom. The van der Waals surface area contributed by atoms with E-state index in [2.05, 4.69) is 9.97 Å². The molecule has 0 aliphatic carbocycles. The Bertz CT molecular complexity index is 1130. The highest BCUT2D eigenvalue weighted by Crippen LogP contribution is 2.59. The molecule has 5 N–H and O–H groups in total. The summed E-state index contributed by atoms with van der Waals surface area (Å²) in [5, 5.41) is 29.9. The number of hydrogen-bond donors (Lipinski definition) is 5. The lowest BCUT2D eigenvalue weighted by Gasteiger charge is -2.37. The van der Waals surface area contributed by atoms with Gasteiger partial charge in [-0.15, -0.1) is 0 Å². The van der Waals surface area contributed by atoms with Gasteiger partial charge in [0.25, 0.3) is 0 Å². The summed E-state index contributed by atoms with van der Waals surface area (Å²) < 4.78 is 38.1. The molecular weight excluding hydrogens is 486 g/mol. The van der Waals surface area contributed by atoms with Crippen LogP contribution in [0.4, 0.5) is 4.39 Å². The van der Waals surface area contributed by atoms with E-state index in [1.807, 2.05) is 0 Å². The Balaban J connectivity index is 1.89. The standard InChI is InChI=1S/C22H32FN2O7PS/c1-6-21(4,32-33(29,30)22(5,28)7-2)10-14-16(26)17(27)18(31-14)13-9-12-11(3)8-15(23)24-19(12)25-20(13)34/h8-9,14,16-18,26-28H,6-7,10H2,1-5H3,(H,29,30)(H,24,25,34)/t14-,16?,17+,18+,21?,22?/m1/s1. The van der Waals surface area contributed by atoms with Crippen molar-refractivity contribution in [3.05, 3.63) is 33.8 Å². The molecule has 190 valence electrons. The minimum absolute atomic E-state index is 0.00122. The van der Waals surface area contributed by atoms with Crippen LogP contribution in [0, 0.1) is 17.5 Å². The monoisotopic (exact) mass is 518 g/mol. The molecule has 9 nitrogen and oxygen atoms in total. The zero-order chi connectivity index (χ0) is 25.6. The number of halogens is 1. The maximum absolute atomic E-state index is 13.7. The zero-order valence-electron chi connectivity index (χ0n) is 19.8. The van der Waals surface area contributed by atoms with Crippen molar-refractivity contribution in [1.29, 1.82) is 0 Å². The second-order valence-electron chi connectivity index (χ2n) is 9.35. The van der Waals surface area contributed by atoms with Gasteiger partial charge >= 0.3 is 7.60 Å². The average Bonchev–Trinajstić information content (AvgIpc) is 3.00. The Morgan fingerprint density at radius 2 is 1.91 bits per heavy atom. The van der Waals surface area contributed by atoms with Crippen molar-refractivity contribution in [2.24, 2.45) is 0 Å². The number of nitrogens with zero attached hydrogens (tertiary/aromatic N) is 1. The first kappa shape index (κ1) is 27.3. The summed E-state index contributed by atoms with van der Waals surface area (Å²) in [6.45, 7) is 7.83. The van der Waals surface area contributed by atoms with Gasteiger partial charge in [0.1, 0.15) is 28.8 Å². The molecule has 3 aliphatic heterocycles. The van der Waals surface area contributed by atoms with Crippen molar-refractivity contribution in [3.8, 4) is 11.4 Å². The minimum Gasteiger partial charge on any atom is -0.388 e. The van der Waals surface area contributed by atoms with Crippen LogP contribution in [0.15, 0.2) is 12.1 Å². The lowest BCUT2D eigenvalue weighted by atomic mass is 9.92. The number of aromatic amines is 1. The fraction of sp³-hybridized carbons (Fsp3) is 0.636. The van der Waals surface area contributed by atoms with Crippen LogP contribution in [0.25, 0.3) is 11.4 Å². The van der Waals surface area contributed by atoms with Crippen LogP contribution in [0.3, 0.4) is 0 Å². The van der Waals surface area contributed by atoms with E-state index in [1.54, 1.807) is 33.8 Å². The Hall–Kier alpha value is -1.30. The summed E-state index contributed by atoms with van der Waals surface area (Å²) in [6, 6.07) is 2.96. The molecule has 7 atom stereocenters. The second-order valence-corrected chi connectivity index (χ2v) is 11.9. The molecular formula is C22H32FN2O7PS. The third-order valence-corrected chi connectivity index (χ3v) is 9.24. The SMILES string of the molecule is CCC(C)(C[C@H]1O[C@@H](c2cc3c(C)cc(F)[nH]c-3nc2=S)[C@@H](O)C1O)OP(=O)(O)C(C)(O)CC. The fourth-order valence-corrected chi connectivity index (χ4v) is 5.64. The van der Waals surface area contributed by atoms with Crippen molar-refractivity contribution in [2.75, 3.05) is 0 Å². The maximum atomic E-state index is 13.7. The number of aliphatic hydroxyl groups excluding tert-OH is 2. The molecule has 1 saturated heterocycles. The summed E-state index contributed by atoms with van der Waals surface area (Å²) in [5.41, 5.74) is 0.308. The van der Waals surface area contributed by atoms with Crippen LogP contribution in [0.5, 0.6) is 0 Å². The zero-order valence-corrected chi connectivity index (χ0v) is 21.5. The maximum Gasteiger partial charge on any atom is 0.359 e. The van der Waals surface area contributed by atoms with Gasteiger partial charge in [0, 0.05) is 17.5 Å². The van der Waals surface area contributed by atoms with Crippen LogP contribution in [0.1, 0.15) is 64.2 Å². The van der Waals surface area contributed by atoms with Gasteiger partial charge in [0.15, 0.2) is 11.3 Å². The topological polar surface area (TPSA) is 145 Å². The lowest BCUT2D eigenvalue weighted by molar-refractivity contribution is -0.0532. The van der Waals surface area contributed by atoms with Crippen LogP contribution >= 0.6 is 19.8 Å².